The van der Waals surface area contributed by atoms with E-state index in [1.165, 1.54) is 18.2 Å². The first-order valence-corrected chi connectivity index (χ1v) is 10.3. The van der Waals surface area contributed by atoms with Crippen molar-refractivity contribution < 1.29 is 18.0 Å². The van der Waals surface area contributed by atoms with Crippen LogP contribution in [0.4, 0.5) is 0 Å². The van der Waals surface area contributed by atoms with Gasteiger partial charge < -0.3 is 11.1 Å². The molecule has 7 nitrogen and oxygen atoms in total. The average Bonchev–Trinajstić information content (AvgIpc) is 2.58. The largest absolute Gasteiger partial charge is 0.366 e. The molecule has 0 unspecified atom stereocenters. The van der Waals surface area contributed by atoms with Crippen molar-refractivity contribution in [3.8, 4) is 0 Å². The number of sulfonamides is 1. The molecule has 0 aliphatic carbocycles. The molecular formula is C19H22ClN3O4S. The van der Waals surface area contributed by atoms with Gasteiger partial charge in [-0.15, -0.1) is 0 Å². The summed E-state index contributed by atoms with van der Waals surface area (Å²) in [6.07, 6.45) is 0. The first-order chi connectivity index (χ1) is 12.9. The van der Waals surface area contributed by atoms with Crippen molar-refractivity contribution in [3.63, 3.8) is 0 Å². The van der Waals surface area contributed by atoms with Gasteiger partial charge in [-0.1, -0.05) is 23.7 Å². The molecule has 150 valence electrons. The molecule has 0 heterocycles. The molecule has 4 N–H and O–H groups in total. The second-order valence-electron chi connectivity index (χ2n) is 7.25. The summed E-state index contributed by atoms with van der Waals surface area (Å²) >= 11 is 6.04. The lowest BCUT2D eigenvalue weighted by Crippen LogP contribution is -2.40. The highest BCUT2D eigenvalue weighted by Gasteiger charge is 2.25. The van der Waals surface area contributed by atoms with E-state index >= 15 is 0 Å². The van der Waals surface area contributed by atoms with Crippen LogP contribution in [0.25, 0.3) is 0 Å². The van der Waals surface area contributed by atoms with Gasteiger partial charge in [0.1, 0.15) is 4.90 Å². The number of nitrogens with two attached hydrogens (primary N) is 1. The number of rotatable bonds is 6. The van der Waals surface area contributed by atoms with E-state index in [-0.39, 0.29) is 22.0 Å². The topological polar surface area (TPSA) is 118 Å². The van der Waals surface area contributed by atoms with Gasteiger partial charge in [0, 0.05) is 23.2 Å². The van der Waals surface area contributed by atoms with Crippen LogP contribution in [0.2, 0.25) is 5.02 Å². The van der Waals surface area contributed by atoms with Gasteiger partial charge >= 0.3 is 0 Å². The van der Waals surface area contributed by atoms with Gasteiger partial charge in [-0.2, -0.15) is 0 Å². The Morgan fingerprint density at radius 1 is 1.07 bits per heavy atom. The molecule has 2 amide bonds. The van der Waals surface area contributed by atoms with Crippen LogP contribution in [-0.4, -0.2) is 25.8 Å². The number of hydrogen-bond donors (Lipinski definition) is 3. The standard InChI is InChI=1S/C19H22ClN3O4S/c1-19(2,3)23-28(26,27)16-10-14(7-8-15(16)20)18(25)22-11-12-5-4-6-13(9-12)17(21)24/h4-10,23H,11H2,1-3H3,(H2,21,24)(H,22,25). The first-order valence-electron chi connectivity index (χ1n) is 8.39. The number of nitrogens with one attached hydrogen (secondary N) is 2. The summed E-state index contributed by atoms with van der Waals surface area (Å²) in [7, 11) is -3.90. The fourth-order valence-electron chi connectivity index (χ4n) is 2.43. The van der Waals surface area contributed by atoms with Crippen molar-refractivity contribution in [1.29, 1.82) is 0 Å². The van der Waals surface area contributed by atoms with Crippen LogP contribution in [0.5, 0.6) is 0 Å². The Morgan fingerprint density at radius 3 is 2.36 bits per heavy atom. The van der Waals surface area contributed by atoms with Crippen molar-refractivity contribution in [1.82, 2.24) is 10.0 Å². The highest BCUT2D eigenvalue weighted by molar-refractivity contribution is 7.89. The second-order valence-corrected chi connectivity index (χ2v) is 9.31. The minimum atomic E-state index is -3.90. The van der Waals surface area contributed by atoms with Gasteiger partial charge in [0.05, 0.1) is 5.02 Å². The molecule has 0 fully saturated rings. The van der Waals surface area contributed by atoms with E-state index in [4.69, 9.17) is 17.3 Å². The second kappa shape index (κ2) is 8.30. The lowest BCUT2D eigenvalue weighted by atomic mass is 10.1. The van der Waals surface area contributed by atoms with E-state index in [9.17, 15) is 18.0 Å². The predicted octanol–water partition coefficient (Wildman–Crippen LogP) is 2.45. The van der Waals surface area contributed by atoms with Crippen LogP contribution in [0.1, 0.15) is 47.1 Å². The molecule has 0 spiro atoms. The summed E-state index contributed by atoms with van der Waals surface area (Å²) in [6, 6.07) is 10.6. The van der Waals surface area contributed by atoms with E-state index in [0.29, 0.717) is 11.1 Å². The highest BCUT2D eigenvalue weighted by atomic mass is 35.5. The van der Waals surface area contributed by atoms with Crippen molar-refractivity contribution in [2.45, 2.75) is 37.8 Å². The molecule has 0 atom stereocenters. The average molecular weight is 424 g/mol. The van der Waals surface area contributed by atoms with Gasteiger partial charge in [0.25, 0.3) is 5.91 Å². The van der Waals surface area contributed by atoms with Gasteiger partial charge in [-0.25, -0.2) is 13.1 Å². The van der Waals surface area contributed by atoms with E-state index in [2.05, 4.69) is 10.0 Å². The van der Waals surface area contributed by atoms with Crippen molar-refractivity contribution in [3.05, 3.63) is 64.2 Å². The SMILES string of the molecule is CC(C)(C)NS(=O)(=O)c1cc(C(=O)NCc2cccc(C(N)=O)c2)ccc1Cl. The Bertz CT molecular complexity index is 1010. The smallest absolute Gasteiger partial charge is 0.251 e. The van der Waals surface area contributed by atoms with E-state index in [1.807, 2.05) is 0 Å². The third kappa shape index (κ3) is 5.79. The number of benzene rings is 2. The van der Waals surface area contributed by atoms with Crippen molar-refractivity contribution >= 4 is 33.4 Å². The van der Waals surface area contributed by atoms with Gasteiger partial charge in [-0.05, 0) is 56.7 Å². The lowest BCUT2D eigenvalue weighted by Gasteiger charge is -2.21. The zero-order chi connectivity index (χ0) is 21.1. The molecule has 9 heteroatoms. The molecule has 0 aromatic heterocycles. The van der Waals surface area contributed by atoms with Crippen molar-refractivity contribution in [2.24, 2.45) is 5.73 Å². The summed E-state index contributed by atoms with van der Waals surface area (Å²) in [4.78, 5) is 23.5. The minimum Gasteiger partial charge on any atom is -0.366 e. The fraction of sp³-hybridized carbons (Fsp3) is 0.263. The molecule has 2 rings (SSSR count). The Balaban J connectivity index is 2.21. The molecule has 0 saturated heterocycles. The fourth-order valence-corrected chi connectivity index (χ4v) is 4.37. The number of hydrogen-bond acceptors (Lipinski definition) is 4. The molecule has 0 saturated carbocycles. The molecule has 2 aromatic carbocycles. The summed E-state index contributed by atoms with van der Waals surface area (Å²) in [6.45, 7) is 5.25. The van der Waals surface area contributed by atoms with Crippen molar-refractivity contribution in [2.75, 3.05) is 0 Å². The first kappa shape index (κ1) is 21.9. The molecule has 0 aliphatic rings. The number of carbonyl (C=O) groups excluding carboxylic acids is 2. The number of carbonyl (C=O) groups is 2. The van der Waals surface area contributed by atoms with E-state index in [0.717, 1.165) is 0 Å². The minimum absolute atomic E-state index is 0.0162. The summed E-state index contributed by atoms with van der Waals surface area (Å²) in [5.74, 6) is -1.04. The highest BCUT2D eigenvalue weighted by Crippen LogP contribution is 2.24. The summed E-state index contributed by atoms with van der Waals surface area (Å²) in [5, 5.41) is 2.69. The van der Waals surface area contributed by atoms with Crippen LogP contribution >= 0.6 is 11.6 Å². The van der Waals surface area contributed by atoms with Gasteiger partial charge in [0.15, 0.2) is 0 Å². The van der Waals surface area contributed by atoms with Crippen LogP contribution in [0.3, 0.4) is 0 Å². The predicted molar refractivity (Wildman–Crippen MR) is 108 cm³/mol. The zero-order valence-corrected chi connectivity index (χ0v) is 17.3. The maximum atomic E-state index is 12.6. The van der Waals surface area contributed by atoms with Gasteiger partial charge in [0.2, 0.25) is 15.9 Å². The van der Waals surface area contributed by atoms with Crippen LogP contribution in [0.15, 0.2) is 47.4 Å². The van der Waals surface area contributed by atoms with Crippen LogP contribution < -0.4 is 15.8 Å². The van der Waals surface area contributed by atoms with Crippen LogP contribution in [0, 0.1) is 0 Å². The maximum absolute atomic E-state index is 12.6. The Kier molecular flexibility index (Phi) is 6.48. The quantitative estimate of drug-likeness (QED) is 0.661. The van der Waals surface area contributed by atoms with E-state index in [1.54, 1.807) is 45.0 Å². The zero-order valence-electron chi connectivity index (χ0n) is 15.7. The molecule has 0 bridgehead atoms. The summed E-state index contributed by atoms with van der Waals surface area (Å²) < 4.78 is 27.6. The Hall–Kier alpha value is -2.42. The molecule has 2 aromatic rings. The number of amides is 2. The molecule has 28 heavy (non-hydrogen) atoms. The molecule has 0 aliphatic heterocycles. The molecular weight excluding hydrogens is 402 g/mol. The monoisotopic (exact) mass is 423 g/mol. The maximum Gasteiger partial charge on any atom is 0.251 e. The molecule has 0 radical (unpaired) electrons. The van der Waals surface area contributed by atoms with Gasteiger partial charge in [-0.3, -0.25) is 9.59 Å². The summed E-state index contributed by atoms with van der Waals surface area (Å²) in [5.41, 5.74) is 5.70. The Morgan fingerprint density at radius 2 is 1.75 bits per heavy atom. The van der Waals surface area contributed by atoms with Crippen LogP contribution in [-0.2, 0) is 16.6 Å². The number of halogens is 1. The normalized spacial score (nSPS) is 11.9. The van der Waals surface area contributed by atoms with E-state index < -0.39 is 27.4 Å². The number of primary amides is 1. The Labute approximate surface area is 169 Å². The third-order valence-corrected chi connectivity index (χ3v) is 5.83. The lowest BCUT2D eigenvalue weighted by molar-refractivity contribution is 0.0950. The third-order valence-electron chi connectivity index (χ3n) is 3.59.